The van der Waals surface area contributed by atoms with Crippen molar-refractivity contribution in [3.63, 3.8) is 0 Å². The number of amides is 1. The molecule has 0 aliphatic rings. The van der Waals surface area contributed by atoms with E-state index in [0.29, 0.717) is 11.8 Å². The Morgan fingerprint density at radius 1 is 0.867 bits per heavy atom. The minimum absolute atomic E-state index is 0.157. The van der Waals surface area contributed by atoms with Gasteiger partial charge in [-0.25, -0.2) is 0 Å². The normalized spacial score (nSPS) is 13.5. The van der Waals surface area contributed by atoms with E-state index >= 15 is 0 Å². The first-order chi connectivity index (χ1) is 6.58. The highest BCUT2D eigenvalue weighted by molar-refractivity contribution is 5.51. The molecular weight excluding hydrogens is 186 g/mol. The van der Waals surface area contributed by atoms with Crippen LogP contribution in [0.25, 0.3) is 0 Å². The van der Waals surface area contributed by atoms with Gasteiger partial charge >= 0.3 is 6.41 Å². The molecule has 0 aliphatic heterocycles. The lowest BCUT2D eigenvalue weighted by Crippen LogP contribution is -2.59. The molecule has 0 unspecified atom stereocenters. The van der Waals surface area contributed by atoms with Gasteiger partial charge in [0.25, 0.3) is 0 Å². The molecule has 0 aromatic rings. The molecular formula is C13H26NO. The van der Waals surface area contributed by atoms with Crippen molar-refractivity contribution in [1.82, 2.24) is 4.90 Å². The van der Waals surface area contributed by atoms with Crippen molar-refractivity contribution in [2.24, 2.45) is 11.8 Å². The summed E-state index contributed by atoms with van der Waals surface area (Å²) < 4.78 is 0. The molecule has 0 spiro atoms. The fraction of sp³-hybridized carbons (Fsp3) is 0.923. The van der Waals surface area contributed by atoms with E-state index in [2.05, 4.69) is 61.8 Å². The zero-order valence-electron chi connectivity index (χ0n) is 11.5. The fourth-order valence-electron chi connectivity index (χ4n) is 1.49. The molecule has 0 atom stereocenters. The van der Waals surface area contributed by atoms with E-state index in [1.807, 2.05) is 4.90 Å². The quantitative estimate of drug-likeness (QED) is 0.641. The molecule has 1 amide bonds. The number of hydrogen-bond donors (Lipinski definition) is 0. The third kappa shape index (κ3) is 2.73. The lowest BCUT2D eigenvalue weighted by atomic mass is 9.80. The summed E-state index contributed by atoms with van der Waals surface area (Å²) in [5.41, 5.74) is -0.314. The SMILES string of the molecule is CC(C)C(C)(C)N([C]=O)C(C)(C)C(C)C. The van der Waals surface area contributed by atoms with E-state index < -0.39 is 0 Å². The van der Waals surface area contributed by atoms with Crippen LogP contribution >= 0.6 is 0 Å². The van der Waals surface area contributed by atoms with Crippen LogP contribution in [-0.2, 0) is 4.79 Å². The Labute approximate surface area is 95.0 Å². The zero-order chi connectivity index (χ0) is 12.4. The maximum Gasteiger partial charge on any atom is 0.313 e. The van der Waals surface area contributed by atoms with Gasteiger partial charge in [0, 0.05) is 11.1 Å². The average Bonchev–Trinajstić information content (AvgIpc) is 2.03. The molecule has 0 rings (SSSR count). The molecule has 15 heavy (non-hydrogen) atoms. The van der Waals surface area contributed by atoms with Gasteiger partial charge in [0.15, 0.2) is 0 Å². The molecule has 0 N–H and O–H groups in total. The number of hydrogen-bond acceptors (Lipinski definition) is 1. The van der Waals surface area contributed by atoms with Crippen molar-refractivity contribution >= 4 is 6.41 Å². The summed E-state index contributed by atoms with van der Waals surface area (Å²) in [4.78, 5) is 13.1. The van der Waals surface area contributed by atoms with Crippen molar-refractivity contribution in [3.8, 4) is 0 Å². The minimum Gasteiger partial charge on any atom is -0.324 e. The van der Waals surface area contributed by atoms with Gasteiger partial charge in [-0.3, -0.25) is 4.79 Å². The minimum atomic E-state index is -0.157. The smallest absolute Gasteiger partial charge is 0.313 e. The van der Waals surface area contributed by atoms with E-state index in [1.54, 1.807) is 0 Å². The Morgan fingerprint density at radius 2 is 1.13 bits per heavy atom. The lowest BCUT2D eigenvalue weighted by molar-refractivity contribution is 0.0289. The van der Waals surface area contributed by atoms with Crippen LogP contribution in [0.5, 0.6) is 0 Å². The third-order valence-electron chi connectivity index (χ3n) is 4.07. The molecule has 0 aromatic heterocycles. The standard InChI is InChI=1S/C13H26NO/c1-10(2)12(5,6)14(9-15)13(7,8)11(3)4/h10-11H,1-8H3. The molecule has 2 heteroatoms. The molecule has 0 aromatic carbocycles. The van der Waals surface area contributed by atoms with Crippen molar-refractivity contribution in [2.75, 3.05) is 0 Å². The molecule has 0 aliphatic carbocycles. The van der Waals surface area contributed by atoms with Gasteiger partial charge in [-0.15, -0.1) is 0 Å². The predicted molar refractivity (Wildman–Crippen MR) is 65.4 cm³/mol. The van der Waals surface area contributed by atoms with Gasteiger partial charge < -0.3 is 4.90 Å². The van der Waals surface area contributed by atoms with Gasteiger partial charge in [0.2, 0.25) is 0 Å². The molecule has 0 bridgehead atoms. The summed E-state index contributed by atoms with van der Waals surface area (Å²) in [5, 5.41) is 0. The Kier molecular flexibility index (Phi) is 4.38. The molecule has 0 saturated carbocycles. The summed E-state index contributed by atoms with van der Waals surface area (Å²) in [5.74, 6) is 0.828. The summed E-state index contributed by atoms with van der Waals surface area (Å²) in [7, 11) is 0. The summed E-state index contributed by atoms with van der Waals surface area (Å²) in [6, 6.07) is 0. The van der Waals surface area contributed by atoms with Gasteiger partial charge in [-0.2, -0.15) is 0 Å². The Bertz CT molecular complexity index is 197. The molecule has 1 radical (unpaired) electrons. The fourth-order valence-corrected chi connectivity index (χ4v) is 1.49. The maximum atomic E-state index is 11.2. The van der Waals surface area contributed by atoms with Crippen LogP contribution in [-0.4, -0.2) is 22.4 Å². The number of nitrogens with zero attached hydrogens (tertiary/aromatic N) is 1. The summed E-state index contributed by atoms with van der Waals surface area (Å²) in [6.07, 6.45) is 2.13. The van der Waals surface area contributed by atoms with Crippen LogP contribution in [0.3, 0.4) is 0 Å². The molecule has 0 saturated heterocycles. The van der Waals surface area contributed by atoms with Gasteiger partial charge in [-0.05, 0) is 39.5 Å². The number of carbonyl (C=O) groups excluding carboxylic acids is 1. The van der Waals surface area contributed by atoms with Crippen molar-refractivity contribution < 1.29 is 4.79 Å². The summed E-state index contributed by atoms with van der Waals surface area (Å²) in [6.45, 7) is 17.0. The van der Waals surface area contributed by atoms with Gasteiger partial charge in [-0.1, -0.05) is 27.7 Å². The largest absolute Gasteiger partial charge is 0.324 e. The average molecular weight is 212 g/mol. The zero-order valence-corrected chi connectivity index (χ0v) is 11.5. The van der Waals surface area contributed by atoms with Crippen molar-refractivity contribution in [3.05, 3.63) is 0 Å². The van der Waals surface area contributed by atoms with Crippen LogP contribution in [0.4, 0.5) is 0 Å². The van der Waals surface area contributed by atoms with Gasteiger partial charge in [0.05, 0.1) is 0 Å². The Hall–Kier alpha value is -0.530. The second-order valence-corrected chi connectivity index (χ2v) is 6.04. The lowest BCUT2D eigenvalue weighted by Gasteiger charge is -2.50. The first kappa shape index (κ1) is 14.5. The molecule has 0 heterocycles. The van der Waals surface area contributed by atoms with Crippen LogP contribution in [0.2, 0.25) is 0 Å². The summed E-state index contributed by atoms with van der Waals surface area (Å²) >= 11 is 0. The maximum absolute atomic E-state index is 11.2. The molecule has 89 valence electrons. The van der Waals surface area contributed by atoms with Crippen LogP contribution in [0, 0.1) is 11.8 Å². The monoisotopic (exact) mass is 212 g/mol. The van der Waals surface area contributed by atoms with E-state index in [0.717, 1.165) is 0 Å². The second kappa shape index (κ2) is 4.54. The Morgan fingerprint density at radius 3 is 1.27 bits per heavy atom. The topological polar surface area (TPSA) is 20.3 Å². The number of rotatable bonds is 5. The first-order valence-corrected chi connectivity index (χ1v) is 5.76. The van der Waals surface area contributed by atoms with Crippen LogP contribution < -0.4 is 0 Å². The first-order valence-electron chi connectivity index (χ1n) is 5.76. The molecule has 2 nitrogen and oxygen atoms in total. The predicted octanol–water partition coefficient (Wildman–Crippen LogP) is 3.22. The van der Waals surface area contributed by atoms with Crippen LogP contribution in [0.1, 0.15) is 55.4 Å². The van der Waals surface area contributed by atoms with E-state index in [4.69, 9.17) is 0 Å². The van der Waals surface area contributed by atoms with E-state index in [9.17, 15) is 4.79 Å². The highest BCUT2D eigenvalue weighted by Crippen LogP contribution is 2.33. The van der Waals surface area contributed by atoms with Gasteiger partial charge in [0.1, 0.15) is 0 Å². The highest BCUT2D eigenvalue weighted by atomic mass is 16.1. The second-order valence-electron chi connectivity index (χ2n) is 6.04. The van der Waals surface area contributed by atoms with Crippen LogP contribution in [0.15, 0.2) is 0 Å². The van der Waals surface area contributed by atoms with E-state index in [1.165, 1.54) is 0 Å². The Balaban J connectivity index is 5.16. The highest BCUT2D eigenvalue weighted by Gasteiger charge is 2.40. The third-order valence-corrected chi connectivity index (χ3v) is 4.07. The van der Waals surface area contributed by atoms with Crippen molar-refractivity contribution in [1.29, 1.82) is 0 Å². The van der Waals surface area contributed by atoms with Crippen molar-refractivity contribution in [2.45, 2.75) is 66.5 Å². The van der Waals surface area contributed by atoms with E-state index in [-0.39, 0.29) is 11.1 Å². The molecule has 0 fully saturated rings.